The van der Waals surface area contributed by atoms with Gasteiger partial charge in [-0.05, 0) is 44.9 Å². The molecule has 1 atom stereocenters. The highest BCUT2D eigenvalue weighted by molar-refractivity contribution is 5.98. The van der Waals surface area contributed by atoms with Crippen molar-refractivity contribution in [3.8, 4) is 17.6 Å². The minimum atomic E-state index is -0.613. The van der Waals surface area contributed by atoms with Crippen molar-refractivity contribution in [1.29, 1.82) is 5.26 Å². The first-order valence-electron chi connectivity index (χ1n) is 9.58. The lowest BCUT2D eigenvalue weighted by Crippen LogP contribution is -2.34. The lowest BCUT2D eigenvalue weighted by molar-refractivity contribution is -0.376. The maximum absolute atomic E-state index is 12.0. The Morgan fingerprint density at radius 3 is 2.59 bits per heavy atom. The zero-order valence-corrected chi connectivity index (χ0v) is 17.6. The fraction of sp³-hybridized carbons (Fsp3) is 0.524. The van der Waals surface area contributed by atoms with Crippen molar-refractivity contribution in [3.05, 3.63) is 33.9 Å². The minimum Gasteiger partial charge on any atom is -0.507 e. The summed E-state index contributed by atoms with van der Waals surface area (Å²) in [5.41, 5.74) is 3.06. The van der Waals surface area contributed by atoms with Gasteiger partial charge < -0.3 is 14.6 Å². The van der Waals surface area contributed by atoms with Gasteiger partial charge in [0.25, 0.3) is 0 Å². The third-order valence-corrected chi connectivity index (χ3v) is 4.73. The largest absolute Gasteiger partial charge is 0.507 e. The predicted molar refractivity (Wildman–Crippen MR) is 105 cm³/mol. The number of rotatable bonds is 10. The highest BCUT2D eigenvalue weighted by Crippen LogP contribution is 2.42. The van der Waals surface area contributed by atoms with Crippen molar-refractivity contribution in [1.82, 2.24) is 5.23 Å². The maximum atomic E-state index is 12.0. The van der Waals surface area contributed by atoms with Crippen LogP contribution in [0.15, 0.2) is 11.6 Å². The number of nitriles is 1. The van der Waals surface area contributed by atoms with E-state index < -0.39 is 12.0 Å². The standard InChI is InChI=1S/C21H28N2O6/c1-6-28-23(29-7-2)15(11-22)10-13(3)8-9-16-19(24)18-17(12-27-21(18)25)14(4)20(16)26-5/h8,15,24H,6-7,9-10,12H2,1-5H3/b13-8+. The van der Waals surface area contributed by atoms with Gasteiger partial charge in [0.1, 0.15) is 23.7 Å². The minimum absolute atomic E-state index is 0.115. The molecule has 1 aliphatic rings. The van der Waals surface area contributed by atoms with Crippen LogP contribution in [0.5, 0.6) is 11.5 Å². The quantitative estimate of drug-likeness (QED) is 0.360. The first kappa shape index (κ1) is 22.7. The van der Waals surface area contributed by atoms with Gasteiger partial charge in [0.05, 0.1) is 26.4 Å². The van der Waals surface area contributed by atoms with E-state index in [2.05, 4.69) is 6.07 Å². The third-order valence-electron chi connectivity index (χ3n) is 4.73. The molecule has 8 heteroatoms. The molecule has 8 nitrogen and oxygen atoms in total. The van der Waals surface area contributed by atoms with E-state index >= 15 is 0 Å². The molecule has 1 aromatic rings. The molecular formula is C21H28N2O6. The van der Waals surface area contributed by atoms with E-state index in [1.54, 1.807) is 0 Å². The van der Waals surface area contributed by atoms with Crippen LogP contribution in [0, 0.1) is 18.3 Å². The molecule has 29 heavy (non-hydrogen) atoms. The molecule has 0 radical (unpaired) electrons. The number of fused-ring (bicyclic) bond motifs is 1. The van der Waals surface area contributed by atoms with Gasteiger partial charge in [0, 0.05) is 17.5 Å². The van der Waals surface area contributed by atoms with E-state index in [-0.39, 0.29) is 17.9 Å². The van der Waals surface area contributed by atoms with Crippen molar-refractivity contribution in [3.63, 3.8) is 0 Å². The number of hydroxylamine groups is 2. The van der Waals surface area contributed by atoms with Gasteiger partial charge in [0.15, 0.2) is 6.04 Å². The smallest absolute Gasteiger partial charge is 0.342 e. The molecule has 0 aliphatic carbocycles. The number of cyclic esters (lactones) is 1. The number of hydrogen-bond donors (Lipinski definition) is 1. The lowest BCUT2D eigenvalue weighted by atomic mass is 9.94. The molecule has 158 valence electrons. The Morgan fingerprint density at radius 1 is 1.38 bits per heavy atom. The molecule has 2 rings (SSSR count). The van der Waals surface area contributed by atoms with Gasteiger partial charge in [0.2, 0.25) is 0 Å². The van der Waals surface area contributed by atoms with Crippen molar-refractivity contribution in [2.45, 2.75) is 53.2 Å². The van der Waals surface area contributed by atoms with Crippen LogP contribution in [-0.2, 0) is 27.4 Å². The summed E-state index contributed by atoms with van der Waals surface area (Å²) in [5.74, 6) is -0.111. The van der Waals surface area contributed by atoms with Crippen molar-refractivity contribution in [2.24, 2.45) is 0 Å². The van der Waals surface area contributed by atoms with Crippen LogP contribution < -0.4 is 4.74 Å². The van der Waals surface area contributed by atoms with Crippen molar-refractivity contribution < 1.29 is 29.0 Å². The Morgan fingerprint density at radius 2 is 2.03 bits per heavy atom. The summed E-state index contributed by atoms with van der Waals surface area (Å²) >= 11 is 0. The van der Waals surface area contributed by atoms with Crippen LogP contribution in [0.3, 0.4) is 0 Å². The van der Waals surface area contributed by atoms with E-state index in [0.29, 0.717) is 42.9 Å². The molecule has 0 fully saturated rings. The van der Waals surface area contributed by atoms with E-state index in [9.17, 15) is 15.2 Å². The monoisotopic (exact) mass is 404 g/mol. The van der Waals surface area contributed by atoms with Gasteiger partial charge in [-0.25, -0.2) is 4.79 Å². The number of phenols is 1. The first-order chi connectivity index (χ1) is 13.9. The van der Waals surface area contributed by atoms with Gasteiger partial charge in [-0.15, -0.1) is 0 Å². The molecular weight excluding hydrogens is 376 g/mol. The zero-order chi connectivity index (χ0) is 21.6. The summed E-state index contributed by atoms with van der Waals surface area (Å²) in [4.78, 5) is 22.8. The average molecular weight is 404 g/mol. The number of ether oxygens (including phenoxy) is 2. The fourth-order valence-corrected chi connectivity index (χ4v) is 3.33. The summed E-state index contributed by atoms with van der Waals surface area (Å²) < 4.78 is 10.6. The number of nitrogens with zero attached hydrogens (tertiary/aromatic N) is 2. The van der Waals surface area contributed by atoms with E-state index in [1.807, 2.05) is 33.8 Å². The lowest BCUT2D eigenvalue weighted by Gasteiger charge is -2.24. The summed E-state index contributed by atoms with van der Waals surface area (Å²) in [6.45, 7) is 8.27. The molecule has 0 amide bonds. The highest BCUT2D eigenvalue weighted by atomic mass is 16.9. The molecule has 1 heterocycles. The molecule has 1 unspecified atom stereocenters. The second-order valence-electron chi connectivity index (χ2n) is 6.64. The van der Waals surface area contributed by atoms with Crippen LogP contribution in [-0.4, -0.2) is 42.7 Å². The van der Waals surface area contributed by atoms with Crippen LogP contribution in [0.4, 0.5) is 0 Å². The number of aromatic hydroxyl groups is 1. The van der Waals surface area contributed by atoms with Crippen LogP contribution in [0.2, 0.25) is 0 Å². The Balaban J connectivity index is 2.27. The second-order valence-corrected chi connectivity index (χ2v) is 6.64. The molecule has 1 N–H and O–H groups in total. The molecule has 0 bridgehead atoms. The van der Waals surface area contributed by atoms with E-state index in [4.69, 9.17) is 19.1 Å². The first-order valence-corrected chi connectivity index (χ1v) is 9.58. The molecule has 1 aromatic carbocycles. The number of hydrogen-bond acceptors (Lipinski definition) is 8. The SMILES string of the molecule is CCON(OCC)C(C#N)C/C(C)=C/Cc1c(O)c2c(c(C)c1OC)COC2=O. The topological polar surface area (TPSA) is 101 Å². The Hall–Kier alpha value is -2.60. The van der Waals surface area contributed by atoms with Gasteiger partial charge in [-0.3, -0.25) is 9.68 Å². The Labute approximate surface area is 171 Å². The van der Waals surface area contributed by atoms with E-state index in [0.717, 1.165) is 11.1 Å². The molecule has 0 saturated carbocycles. The van der Waals surface area contributed by atoms with Gasteiger partial charge in [-0.1, -0.05) is 11.6 Å². The number of phenolic OH excluding ortho intramolecular Hbond substituents is 1. The van der Waals surface area contributed by atoms with Crippen LogP contribution >= 0.6 is 0 Å². The van der Waals surface area contributed by atoms with Crippen molar-refractivity contribution >= 4 is 5.97 Å². The number of methoxy groups -OCH3 is 1. The molecule has 0 aromatic heterocycles. The van der Waals surface area contributed by atoms with Crippen molar-refractivity contribution in [2.75, 3.05) is 20.3 Å². The van der Waals surface area contributed by atoms with Crippen LogP contribution in [0.25, 0.3) is 0 Å². The summed E-state index contributed by atoms with van der Waals surface area (Å²) in [5, 5.41) is 21.4. The predicted octanol–water partition coefficient (Wildman–Crippen LogP) is 3.36. The highest BCUT2D eigenvalue weighted by Gasteiger charge is 2.32. The Kier molecular flexibility index (Phi) is 8.02. The maximum Gasteiger partial charge on any atom is 0.342 e. The molecule has 1 aliphatic heterocycles. The average Bonchev–Trinajstić information content (AvgIpc) is 3.09. The molecule has 0 saturated heterocycles. The number of esters is 1. The second kappa shape index (κ2) is 10.3. The number of carbonyl (C=O) groups excluding carboxylic acids is 1. The third kappa shape index (κ3) is 4.88. The number of allylic oxidation sites excluding steroid dienone is 1. The molecule has 0 spiro atoms. The Bertz CT molecular complexity index is 822. The normalized spacial score (nSPS) is 14.5. The van der Waals surface area contributed by atoms with Crippen LogP contribution in [0.1, 0.15) is 54.2 Å². The van der Waals surface area contributed by atoms with Gasteiger partial charge >= 0.3 is 5.97 Å². The summed E-state index contributed by atoms with van der Waals surface area (Å²) in [6, 6.07) is 1.57. The fourth-order valence-electron chi connectivity index (χ4n) is 3.33. The van der Waals surface area contributed by atoms with E-state index in [1.165, 1.54) is 12.3 Å². The summed E-state index contributed by atoms with van der Waals surface area (Å²) in [6.07, 6.45) is 2.62. The zero-order valence-electron chi connectivity index (χ0n) is 17.6. The number of benzene rings is 1. The van der Waals surface area contributed by atoms with Gasteiger partial charge in [-0.2, -0.15) is 5.26 Å². The number of carbonyl (C=O) groups is 1. The summed E-state index contributed by atoms with van der Waals surface area (Å²) in [7, 11) is 1.53.